The smallest absolute Gasteiger partial charge is 0.164 e. The molecule has 0 amide bonds. The average molecular weight is 171 g/mol. The highest BCUT2D eigenvalue weighted by molar-refractivity contribution is 5.84. The molecular formula is C9H17NO2. The van der Waals surface area contributed by atoms with Crippen molar-refractivity contribution in [3.05, 3.63) is 0 Å². The standard InChI is InChI=1S/C9H17NO2/c1-6(2)9(11)8-4-3-7(10)5-12-8/h6-8H,3-5,10H2,1-2H3/t7-,8+/m1/s1. The van der Waals surface area contributed by atoms with Gasteiger partial charge < -0.3 is 10.5 Å². The molecule has 1 fully saturated rings. The molecular weight excluding hydrogens is 154 g/mol. The van der Waals surface area contributed by atoms with E-state index in [1.165, 1.54) is 0 Å². The van der Waals surface area contributed by atoms with E-state index in [-0.39, 0.29) is 23.8 Å². The molecule has 12 heavy (non-hydrogen) atoms. The maximum absolute atomic E-state index is 11.4. The van der Waals surface area contributed by atoms with E-state index in [4.69, 9.17) is 10.5 Å². The van der Waals surface area contributed by atoms with Crippen LogP contribution in [0.5, 0.6) is 0 Å². The molecule has 0 aliphatic carbocycles. The van der Waals surface area contributed by atoms with Gasteiger partial charge in [-0.05, 0) is 12.8 Å². The van der Waals surface area contributed by atoms with E-state index < -0.39 is 0 Å². The summed E-state index contributed by atoms with van der Waals surface area (Å²) in [6.45, 7) is 4.34. The number of hydrogen-bond acceptors (Lipinski definition) is 3. The molecule has 0 aromatic rings. The average Bonchev–Trinajstić information content (AvgIpc) is 2.04. The summed E-state index contributed by atoms with van der Waals surface area (Å²) in [5, 5.41) is 0. The highest BCUT2D eigenvalue weighted by Crippen LogP contribution is 2.15. The Kier molecular flexibility index (Phi) is 3.23. The number of ketones is 1. The van der Waals surface area contributed by atoms with Gasteiger partial charge in [0.05, 0.1) is 6.61 Å². The van der Waals surface area contributed by atoms with Crippen LogP contribution in [0.3, 0.4) is 0 Å². The minimum absolute atomic E-state index is 0.0734. The second-order valence-corrected chi connectivity index (χ2v) is 3.72. The van der Waals surface area contributed by atoms with Crippen molar-refractivity contribution >= 4 is 5.78 Å². The summed E-state index contributed by atoms with van der Waals surface area (Å²) in [5.74, 6) is 0.284. The van der Waals surface area contributed by atoms with Gasteiger partial charge in [0, 0.05) is 12.0 Å². The zero-order valence-corrected chi connectivity index (χ0v) is 7.75. The van der Waals surface area contributed by atoms with Crippen LogP contribution < -0.4 is 5.73 Å². The van der Waals surface area contributed by atoms with Gasteiger partial charge in [-0.25, -0.2) is 0 Å². The van der Waals surface area contributed by atoms with Crippen LogP contribution in [-0.2, 0) is 9.53 Å². The lowest BCUT2D eigenvalue weighted by atomic mass is 9.96. The van der Waals surface area contributed by atoms with Crippen molar-refractivity contribution in [1.29, 1.82) is 0 Å². The molecule has 0 aromatic heterocycles. The lowest BCUT2D eigenvalue weighted by molar-refractivity contribution is -0.136. The fourth-order valence-corrected chi connectivity index (χ4v) is 1.37. The zero-order valence-electron chi connectivity index (χ0n) is 7.75. The molecule has 1 rings (SSSR count). The molecule has 0 aromatic carbocycles. The monoisotopic (exact) mass is 171 g/mol. The van der Waals surface area contributed by atoms with E-state index in [0.29, 0.717) is 6.61 Å². The Bertz CT molecular complexity index is 160. The van der Waals surface area contributed by atoms with Gasteiger partial charge in [0.25, 0.3) is 0 Å². The van der Waals surface area contributed by atoms with Crippen molar-refractivity contribution in [2.24, 2.45) is 11.7 Å². The van der Waals surface area contributed by atoms with Gasteiger partial charge in [-0.2, -0.15) is 0 Å². The number of carbonyl (C=O) groups is 1. The molecule has 2 atom stereocenters. The summed E-state index contributed by atoms with van der Waals surface area (Å²) in [6.07, 6.45) is 1.51. The van der Waals surface area contributed by atoms with Crippen molar-refractivity contribution in [1.82, 2.24) is 0 Å². The molecule has 0 saturated carbocycles. The van der Waals surface area contributed by atoms with Crippen molar-refractivity contribution in [3.8, 4) is 0 Å². The molecule has 3 heteroatoms. The molecule has 3 nitrogen and oxygen atoms in total. The third kappa shape index (κ3) is 2.29. The first-order valence-corrected chi connectivity index (χ1v) is 4.52. The Morgan fingerprint density at radius 2 is 2.17 bits per heavy atom. The normalized spacial score (nSPS) is 30.7. The summed E-state index contributed by atoms with van der Waals surface area (Å²) < 4.78 is 5.34. The summed E-state index contributed by atoms with van der Waals surface area (Å²) in [4.78, 5) is 11.4. The SMILES string of the molecule is CC(C)C(=O)[C@@H]1CC[C@@H](N)CO1. The van der Waals surface area contributed by atoms with E-state index >= 15 is 0 Å². The number of Topliss-reactive ketones (excluding diaryl/α,β-unsaturated/α-hetero) is 1. The summed E-state index contributed by atoms with van der Waals surface area (Å²) in [5.41, 5.74) is 5.64. The van der Waals surface area contributed by atoms with Crippen LogP contribution in [0.2, 0.25) is 0 Å². The minimum atomic E-state index is -0.190. The predicted molar refractivity (Wildman–Crippen MR) is 46.8 cm³/mol. The molecule has 0 spiro atoms. The van der Waals surface area contributed by atoms with Crippen molar-refractivity contribution in [3.63, 3.8) is 0 Å². The lowest BCUT2D eigenvalue weighted by Crippen LogP contribution is -2.40. The van der Waals surface area contributed by atoms with Crippen LogP contribution in [0, 0.1) is 5.92 Å². The summed E-state index contributed by atoms with van der Waals surface area (Å²) in [7, 11) is 0. The molecule has 1 aliphatic rings. The first kappa shape index (κ1) is 9.68. The largest absolute Gasteiger partial charge is 0.369 e. The highest BCUT2D eigenvalue weighted by Gasteiger charge is 2.26. The molecule has 2 N–H and O–H groups in total. The number of rotatable bonds is 2. The van der Waals surface area contributed by atoms with Gasteiger partial charge in [-0.15, -0.1) is 0 Å². The van der Waals surface area contributed by atoms with E-state index in [0.717, 1.165) is 12.8 Å². The quantitative estimate of drug-likeness (QED) is 0.666. The van der Waals surface area contributed by atoms with Gasteiger partial charge in [-0.1, -0.05) is 13.8 Å². The van der Waals surface area contributed by atoms with Gasteiger partial charge in [0.2, 0.25) is 0 Å². The van der Waals surface area contributed by atoms with E-state index in [9.17, 15) is 4.79 Å². The molecule has 0 unspecified atom stereocenters. The molecule has 1 saturated heterocycles. The van der Waals surface area contributed by atoms with Gasteiger partial charge in [-0.3, -0.25) is 4.79 Å². The first-order chi connectivity index (χ1) is 5.61. The topological polar surface area (TPSA) is 52.3 Å². The predicted octanol–water partition coefficient (Wildman–Crippen LogP) is 0.718. The number of hydrogen-bond donors (Lipinski definition) is 1. The van der Waals surface area contributed by atoms with Crippen LogP contribution in [0.4, 0.5) is 0 Å². The molecule has 1 heterocycles. The third-order valence-electron chi connectivity index (χ3n) is 2.20. The van der Waals surface area contributed by atoms with Gasteiger partial charge >= 0.3 is 0 Å². The van der Waals surface area contributed by atoms with Crippen LogP contribution in [0.1, 0.15) is 26.7 Å². The molecule has 1 aliphatic heterocycles. The van der Waals surface area contributed by atoms with E-state index in [1.807, 2.05) is 13.8 Å². The second-order valence-electron chi connectivity index (χ2n) is 3.72. The van der Waals surface area contributed by atoms with E-state index in [2.05, 4.69) is 0 Å². The second kappa shape index (κ2) is 4.01. The maximum atomic E-state index is 11.4. The maximum Gasteiger partial charge on any atom is 0.164 e. The Balaban J connectivity index is 2.39. The minimum Gasteiger partial charge on any atom is -0.369 e. The van der Waals surface area contributed by atoms with Crippen molar-refractivity contribution in [2.45, 2.75) is 38.8 Å². The highest BCUT2D eigenvalue weighted by atomic mass is 16.5. The first-order valence-electron chi connectivity index (χ1n) is 4.52. The lowest BCUT2D eigenvalue weighted by Gasteiger charge is -2.26. The number of nitrogens with two attached hydrogens (primary N) is 1. The summed E-state index contributed by atoms with van der Waals surface area (Å²) in [6, 6.07) is 0.126. The summed E-state index contributed by atoms with van der Waals surface area (Å²) >= 11 is 0. The van der Waals surface area contributed by atoms with Crippen LogP contribution >= 0.6 is 0 Å². The van der Waals surface area contributed by atoms with Crippen LogP contribution in [-0.4, -0.2) is 24.5 Å². The van der Waals surface area contributed by atoms with Gasteiger partial charge in [0.15, 0.2) is 5.78 Å². The molecule has 70 valence electrons. The van der Waals surface area contributed by atoms with Crippen molar-refractivity contribution in [2.75, 3.05) is 6.61 Å². The Morgan fingerprint density at radius 1 is 1.50 bits per heavy atom. The Morgan fingerprint density at radius 3 is 2.58 bits per heavy atom. The van der Waals surface area contributed by atoms with E-state index in [1.54, 1.807) is 0 Å². The third-order valence-corrected chi connectivity index (χ3v) is 2.20. The number of carbonyl (C=O) groups excluding carboxylic acids is 1. The fourth-order valence-electron chi connectivity index (χ4n) is 1.37. The molecule has 0 radical (unpaired) electrons. The number of ether oxygens (including phenoxy) is 1. The van der Waals surface area contributed by atoms with Gasteiger partial charge in [0.1, 0.15) is 6.10 Å². The molecule has 0 bridgehead atoms. The fraction of sp³-hybridized carbons (Fsp3) is 0.889. The van der Waals surface area contributed by atoms with Crippen LogP contribution in [0.15, 0.2) is 0 Å². The van der Waals surface area contributed by atoms with Crippen LogP contribution in [0.25, 0.3) is 0 Å². The zero-order chi connectivity index (χ0) is 9.14. The van der Waals surface area contributed by atoms with Crippen molar-refractivity contribution < 1.29 is 9.53 Å². The Labute approximate surface area is 73.3 Å². The Hall–Kier alpha value is -0.410.